The number of alkyl halides is 3. The van der Waals surface area contributed by atoms with Crippen molar-refractivity contribution < 1.29 is 13.2 Å². The predicted molar refractivity (Wildman–Crippen MR) is 72.0 cm³/mol. The zero-order chi connectivity index (χ0) is 14.3. The molecule has 1 N–H and O–H groups in total. The first-order valence-corrected chi connectivity index (χ1v) is 6.41. The van der Waals surface area contributed by atoms with Crippen LogP contribution in [0.15, 0.2) is 41.1 Å². The summed E-state index contributed by atoms with van der Waals surface area (Å²) in [5.41, 5.74) is 0.819. The number of fused-ring (bicyclic) bond motifs is 1. The van der Waals surface area contributed by atoms with Gasteiger partial charge in [-0.05, 0) is 40.2 Å². The summed E-state index contributed by atoms with van der Waals surface area (Å²) in [6.07, 6.45) is -1.15. The highest BCUT2D eigenvalue weighted by Crippen LogP contribution is 2.31. The number of benzene rings is 1. The van der Waals surface area contributed by atoms with Gasteiger partial charge in [-0.25, -0.2) is 4.98 Å². The van der Waals surface area contributed by atoms with Gasteiger partial charge in [0.15, 0.2) is 0 Å². The molecule has 0 saturated carbocycles. The summed E-state index contributed by atoms with van der Waals surface area (Å²) < 4.78 is 38.7. The van der Waals surface area contributed by atoms with Crippen molar-refractivity contribution in [3.05, 3.63) is 46.7 Å². The van der Waals surface area contributed by atoms with Crippen LogP contribution in [-0.2, 0) is 6.18 Å². The third-order valence-electron chi connectivity index (χ3n) is 2.79. The van der Waals surface area contributed by atoms with Gasteiger partial charge >= 0.3 is 6.18 Å². The predicted octanol–water partition coefficient (Wildman–Crippen LogP) is 4.41. The fourth-order valence-electron chi connectivity index (χ4n) is 1.86. The average Bonchev–Trinajstić information content (AvgIpc) is 2.80. The van der Waals surface area contributed by atoms with E-state index in [1.54, 1.807) is 18.5 Å². The molecule has 0 aliphatic carbocycles. The maximum Gasteiger partial charge on any atom is 0.416 e. The molecule has 3 aromatic rings. The van der Waals surface area contributed by atoms with E-state index in [0.717, 1.165) is 16.6 Å². The number of aromatic nitrogens is 3. The Labute approximate surface area is 120 Å². The van der Waals surface area contributed by atoms with Crippen LogP contribution in [0.4, 0.5) is 13.2 Å². The lowest BCUT2D eigenvalue weighted by Gasteiger charge is -2.05. The van der Waals surface area contributed by atoms with E-state index >= 15 is 0 Å². The number of nitrogens with one attached hydrogen (secondary N) is 1. The number of hydrogen-bond acceptors (Lipinski definition) is 2. The summed E-state index contributed by atoms with van der Waals surface area (Å²) in [4.78, 5) is 11.1. The van der Waals surface area contributed by atoms with Gasteiger partial charge in [0.1, 0.15) is 5.82 Å². The summed E-state index contributed by atoms with van der Waals surface area (Å²) in [7, 11) is 0. The summed E-state index contributed by atoms with van der Waals surface area (Å²) in [6.45, 7) is 0. The number of nitrogens with zero attached hydrogens (tertiary/aromatic N) is 2. The molecular formula is C13H7BrF3N3. The second-order valence-corrected chi connectivity index (χ2v) is 5.12. The average molecular weight is 342 g/mol. The number of hydrogen-bond donors (Lipinski definition) is 1. The molecule has 0 spiro atoms. The van der Waals surface area contributed by atoms with Crippen molar-refractivity contribution in [1.82, 2.24) is 15.0 Å². The number of imidazole rings is 1. The van der Waals surface area contributed by atoms with Crippen molar-refractivity contribution in [3.8, 4) is 11.4 Å². The molecule has 0 radical (unpaired) electrons. The van der Waals surface area contributed by atoms with Crippen LogP contribution in [0.5, 0.6) is 0 Å². The highest BCUT2D eigenvalue weighted by Gasteiger charge is 2.30. The molecule has 1 aromatic carbocycles. The van der Waals surface area contributed by atoms with Gasteiger partial charge in [-0.1, -0.05) is 0 Å². The van der Waals surface area contributed by atoms with Gasteiger partial charge in [0.05, 0.1) is 16.6 Å². The Morgan fingerprint density at radius 2 is 1.90 bits per heavy atom. The van der Waals surface area contributed by atoms with Crippen LogP contribution in [0.25, 0.3) is 22.4 Å². The molecule has 0 aliphatic heterocycles. The van der Waals surface area contributed by atoms with Crippen molar-refractivity contribution in [3.63, 3.8) is 0 Å². The minimum absolute atomic E-state index is 0.342. The second-order valence-electron chi connectivity index (χ2n) is 4.21. The molecule has 0 saturated heterocycles. The maximum atomic E-state index is 12.6. The molecule has 0 atom stereocenters. The number of aromatic amines is 1. The van der Waals surface area contributed by atoms with Crippen molar-refractivity contribution in [2.45, 2.75) is 6.18 Å². The zero-order valence-electron chi connectivity index (χ0n) is 9.87. The number of pyridine rings is 1. The summed E-state index contributed by atoms with van der Waals surface area (Å²) >= 11 is 3.29. The Balaban J connectivity index is 2.11. The molecule has 2 aromatic heterocycles. The van der Waals surface area contributed by atoms with E-state index in [1.807, 2.05) is 0 Å². The lowest BCUT2D eigenvalue weighted by molar-refractivity contribution is -0.137. The number of H-pyrrole nitrogens is 1. The molecule has 0 bridgehead atoms. The van der Waals surface area contributed by atoms with Gasteiger partial charge in [0.2, 0.25) is 0 Å². The number of halogens is 4. The lowest BCUT2D eigenvalue weighted by atomic mass is 10.2. The monoisotopic (exact) mass is 341 g/mol. The molecule has 7 heteroatoms. The van der Waals surface area contributed by atoms with Gasteiger partial charge in [0.25, 0.3) is 0 Å². The molecule has 0 amide bonds. The van der Waals surface area contributed by atoms with E-state index < -0.39 is 11.7 Å². The van der Waals surface area contributed by atoms with Gasteiger partial charge in [-0.3, -0.25) is 4.98 Å². The van der Waals surface area contributed by atoms with Crippen molar-refractivity contribution in [2.75, 3.05) is 0 Å². The van der Waals surface area contributed by atoms with E-state index in [-0.39, 0.29) is 0 Å². The first-order valence-electron chi connectivity index (χ1n) is 5.61. The first-order chi connectivity index (χ1) is 9.43. The topological polar surface area (TPSA) is 41.6 Å². The van der Waals surface area contributed by atoms with Crippen LogP contribution >= 0.6 is 15.9 Å². The smallest absolute Gasteiger partial charge is 0.338 e. The Kier molecular flexibility index (Phi) is 3.01. The molecule has 0 aliphatic rings. The quantitative estimate of drug-likeness (QED) is 0.712. The van der Waals surface area contributed by atoms with Crippen LogP contribution in [0.1, 0.15) is 5.56 Å². The second kappa shape index (κ2) is 4.59. The van der Waals surface area contributed by atoms with E-state index in [4.69, 9.17) is 0 Å². The summed E-state index contributed by atoms with van der Waals surface area (Å²) in [5.74, 6) is 0.480. The van der Waals surface area contributed by atoms with E-state index in [9.17, 15) is 13.2 Å². The molecule has 3 nitrogen and oxygen atoms in total. The fraction of sp³-hybridized carbons (Fsp3) is 0.0769. The molecule has 3 rings (SSSR count). The Morgan fingerprint density at radius 1 is 1.10 bits per heavy atom. The van der Waals surface area contributed by atoms with Gasteiger partial charge in [0, 0.05) is 22.4 Å². The molecule has 0 unspecified atom stereocenters. The van der Waals surface area contributed by atoms with Crippen molar-refractivity contribution >= 4 is 27.0 Å². The summed E-state index contributed by atoms with van der Waals surface area (Å²) in [5, 5.41) is 0. The molecular weight excluding hydrogens is 335 g/mol. The Morgan fingerprint density at radius 3 is 2.60 bits per heavy atom. The SMILES string of the molecule is FC(F)(F)c1ccc2nc(-c3cncc(Br)c3)[nH]c2c1. The minimum atomic E-state index is -4.36. The standard InChI is InChI=1S/C13H7BrF3N3/c14-9-3-7(5-18-6-9)12-19-10-2-1-8(13(15,16)17)4-11(10)20-12/h1-6H,(H,19,20). The number of rotatable bonds is 1. The molecule has 0 fully saturated rings. The first kappa shape index (κ1) is 13.1. The van der Waals surface area contributed by atoms with Crippen LogP contribution < -0.4 is 0 Å². The zero-order valence-corrected chi connectivity index (χ0v) is 11.5. The minimum Gasteiger partial charge on any atom is -0.338 e. The van der Waals surface area contributed by atoms with E-state index in [1.165, 1.54) is 6.07 Å². The van der Waals surface area contributed by atoms with Gasteiger partial charge < -0.3 is 4.98 Å². The van der Waals surface area contributed by atoms with Crippen LogP contribution in [0.2, 0.25) is 0 Å². The van der Waals surface area contributed by atoms with E-state index in [0.29, 0.717) is 22.4 Å². The largest absolute Gasteiger partial charge is 0.416 e. The maximum absolute atomic E-state index is 12.6. The highest BCUT2D eigenvalue weighted by atomic mass is 79.9. The van der Waals surface area contributed by atoms with E-state index in [2.05, 4.69) is 30.9 Å². The normalized spacial score (nSPS) is 12.0. The van der Waals surface area contributed by atoms with Crippen LogP contribution in [0, 0.1) is 0 Å². The Bertz CT molecular complexity index is 780. The van der Waals surface area contributed by atoms with Crippen LogP contribution in [-0.4, -0.2) is 15.0 Å². The molecule has 2 heterocycles. The summed E-state index contributed by atoms with van der Waals surface area (Å²) in [6, 6.07) is 5.21. The Hall–Kier alpha value is -1.89. The lowest BCUT2D eigenvalue weighted by Crippen LogP contribution is -2.04. The third kappa shape index (κ3) is 2.40. The van der Waals surface area contributed by atoms with Gasteiger partial charge in [-0.15, -0.1) is 0 Å². The molecule has 102 valence electrons. The van der Waals surface area contributed by atoms with Crippen molar-refractivity contribution in [2.24, 2.45) is 0 Å². The van der Waals surface area contributed by atoms with Crippen LogP contribution in [0.3, 0.4) is 0 Å². The molecule has 20 heavy (non-hydrogen) atoms. The fourth-order valence-corrected chi connectivity index (χ4v) is 2.23. The van der Waals surface area contributed by atoms with Gasteiger partial charge in [-0.2, -0.15) is 13.2 Å². The van der Waals surface area contributed by atoms with Crippen molar-refractivity contribution in [1.29, 1.82) is 0 Å². The third-order valence-corrected chi connectivity index (χ3v) is 3.22. The highest BCUT2D eigenvalue weighted by molar-refractivity contribution is 9.10.